The topological polar surface area (TPSA) is 71.8 Å². The molecule has 0 unspecified atom stereocenters. The number of benzene rings is 1. The molecule has 0 saturated carbocycles. The van der Waals surface area contributed by atoms with Crippen LogP contribution in [0.4, 0.5) is 16.2 Å². The van der Waals surface area contributed by atoms with Crippen LogP contribution in [0.3, 0.4) is 0 Å². The Balaban J connectivity index is 1.59. The molecule has 118 valence electrons. The van der Waals surface area contributed by atoms with Crippen LogP contribution in [0.1, 0.15) is 13.3 Å². The van der Waals surface area contributed by atoms with Crippen molar-refractivity contribution in [1.82, 2.24) is 14.8 Å². The van der Waals surface area contributed by atoms with Crippen LogP contribution in [0.2, 0.25) is 0 Å². The van der Waals surface area contributed by atoms with Gasteiger partial charge in [-0.25, -0.2) is 9.78 Å². The Kier molecular flexibility index (Phi) is 4.68. The fourth-order valence-electron chi connectivity index (χ4n) is 2.14. The molecule has 0 saturated heterocycles. The van der Waals surface area contributed by atoms with Gasteiger partial charge in [-0.1, -0.05) is 6.92 Å². The van der Waals surface area contributed by atoms with Crippen LogP contribution in [-0.2, 0) is 6.54 Å². The van der Waals surface area contributed by atoms with E-state index < -0.39 is 0 Å². The minimum absolute atomic E-state index is 0.289. The second-order valence-corrected chi connectivity index (χ2v) is 5.88. The van der Waals surface area contributed by atoms with E-state index in [0.717, 1.165) is 29.2 Å². The molecule has 2 N–H and O–H groups in total. The summed E-state index contributed by atoms with van der Waals surface area (Å²) in [7, 11) is 0. The highest BCUT2D eigenvalue weighted by molar-refractivity contribution is 7.13. The number of carbonyl (C=O) groups excluding carboxylic acids is 1. The van der Waals surface area contributed by atoms with Crippen molar-refractivity contribution in [3.8, 4) is 10.6 Å². The lowest BCUT2D eigenvalue weighted by Gasteiger charge is -2.06. The second-order valence-electron chi connectivity index (χ2n) is 4.99. The molecule has 6 nitrogen and oxygen atoms in total. The maximum atomic E-state index is 12.0. The van der Waals surface area contributed by atoms with Gasteiger partial charge in [0.25, 0.3) is 0 Å². The van der Waals surface area contributed by atoms with E-state index in [0.29, 0.717) is 5.69 Å². The quantitative estimate of drug-likeness (QED) is 0.742. The molecule has 1 aromatic carbocycles. The fourth-order valence-corrected chi connectivity index (χ4v) is 2.78. The Bertz CT molecular complexity index is 764. The van der Waals surface area contributed by atoms with E-state index in [2.05, 4.69) is 27.6 Å². The van der Waals surface area contributed by atoms with Gasteiger partial charge in [0.1, 0.15) is 5.01 Å². The van der Waals surface area contributed by atoms with E-state index in [9.17, 15) is 4.79 Å². The third kappa shape index (κ3) is 3.95. The molecule has 2 heterocycles. The maximum absolute atomic E-state index is 12.0. The molecule has 0 atom stereocenters. The Morgan fingerprint density at radius 3 is 2.70 bits per heavy atom. The summed E-state index contributed by atoms with van der Waals surface area (Å²) in [5.74, 6) is 0. The van der Waals surface area contributed by atoms with Crippen molar-refractivity contribution >= 4 is 28.7 Å². The first kappa shape index (κ1) is 15.2. The number of hydrogen-bond acceptors (Lipinski definition) is 4. The fraction of sp³-hybridized carbons (Fsp3) is 0.188. The standard InChI is InChI=1S/C16H17N5OS/c1-2-8-21-11-14(10-18-21)20-16(22)19-13-5-3-12(4-6-13)15-17-7-9-23-15/h3-7,9-11H,2,8H2,1H3,(H2,19,20,22). The van der Waals surface area contributed by atoms with Gasteiger partial charge in [0, 0.05) is 35.6 Å². The lowest BCUT2D eigenvalue weighted by atomic mass is 10.2. The molecular weight excluding hydrogens is 310 g/mol. The summed E-state index contributed by atoms with van der Waals surface area (Å²) in [5.41, 5.74) is 2.44. The van der Waals surface area contributed by atoms with Crippen molar-refractivity contribution in [2.24, 2.45) is 0 Å². The molecule has 0 aliphatic rings. The molecule has 2 aromatic heterocycles. The molecule has 3 rings (SSSR count). The second kappa shape index (κ2) is 7.06. The molecule has 0 radical (unpaired) electrons. The Morgan fingerprint density at radius 2 is 2.00 bits per heavy atom. The van der Waals surface area contributed by atoms with Gasteiger partial charge < -0.3 is 10.6 Å². The SMILES string of the molecule is CCCn1cc(NC(=O)Nc2ccc(-c3nccs3)cc2)cn1. The van der Waals surface area contributed by atoms with Crippen LogP contribution in [0.15, 0.2) is 48.2 Å². The first-order chi connectivity index (χ1) is 11.2. The van der Waals surface area contributed by atoms with Crippen LogP contribution in [0.5, 0.6) is 0 Å². The van der Waals surface area contributed by atoms with Crippen LogP contribution in [0, 0.1) is 0 Å². The lowest BCUT2D eigenvalue weighted by molar-refractivity contribution is 0.262. The summed E-state index contributed by atoms with van der Waals surface area (Å²) >= 11 is 1.58. The van der Waals surface area contributed by atoms with Gasteiger partial charge in [0.2, 0.25) is 0 Å². The van der Waals surface area contributed by atoms with Gasteiger partial charge in [-0.2, -0.15) is 5.10 Å². The van der Waals surface area contributed by atoms with Gasteiger partial charge in [-0.15, -0.1) is 11.3 Å². The molecular formula is C16H17N5OS. The molecule has 0 aliphatic carbocycles. The van der Waals surface area contributed by atoms with Crippen LogP contribution >= 0.6 is 11.3 Å². The summed E-state index contributed by atoms with van der Waals surface area (Å²) in [6.07, 6.45) is 6.23. The van der Waals surface area contributed by atoms with Crippen molar-refractivity contribution in [1.29, 1.82) is 0 Å². The zero-order valence-corrected chi connectivity index (χ0v) is 13.5. The number of aryl methyl sites for hydroxylation is 1. The number of hydrogen-bond donors (Lipinski definition) is 2. The Labute approximate surface area is 138 Å². The number of rotatable bonds is 5. The lowest BCUT2D eigenvalue weighted by Crippen LogP contribution is -2.19. The van der Waals surface area contributed by atoms with E-state index in [1.54, 1.807) is 28.4 Å². The van der Waals surface area contributed by atoms with Crippen molar-refractivity contribution < 1.29 is 4.79 Å². The third-order valence-electron chi connectivity index (χ3n) is 3.17. The van der Waals surface area contributed by atoms with Gasteiger partial charge in [0.15, 0.2) is 0 Å². The van der Waals surface area contributed by atoms with Crippen molar-refractivity contribution in [3.63, 3.8) is 0 Å². The van der Waals surface area contributed by atoms with Crippen molar-refractivity contribution in [3.05, 3.63) is 48.2 Å². The van der Waals surface area contributed by atoms with E-state index >= 15 is 0 Å². The van der Waals surface area contributed by atoms with E-state index in [-0.39, 0.29) is 6.03 Å². The Hall–Kier alpha value is -2.67. The predicted octanol–water partition coefficient (Wildman–Crippen LogP) is 4.06. The zero-order chi connectivity index (χ0) is 16.1. The summed E-state index contributed by atoms with van der Waals surface area (Å²) in [5, 5.41) is 12.6. The molecule has 0 bridgehead atoms. The van der Waals surface area contributed by atoms with Gasteiger partial charge in [-0.3, -0.25) is 4.68 Å². The van der Waals surface area contributed by atoms with Crippen LogP contribution < -0.4 is 10.6 Å². The molecule has 0 fully saturated rings. The molecule has 2 amide bonds. The number of carbonyl (C=O) groups is 1. The molecule has 7 heteroatoms. The number of urea groups is 1. The number of aromatic nitrogens is 3. The average Bonchev–Trinajstić information content (AvgIpc) is 3.20. The molecule has 0 spiro atoms. The number of anilines is 2. The minimum Gasteiger partial charge on any atom is -0.308 e. The zero-order valence-electron chi connectivity index (χ0n) is 12.7. The highest BCUT2D eigenvalue weighted by atomic mass is 32.1. The smallest absolute Gasteiger partial charge is 0.308 e. The molecule has 0 aliphatic heterocycles. The molecule has 3 aromatic rings. The first-order valence-electron chi connectivity index (χ1n) is 7.35. The van der Waals surface area contributed by atoms with Crippen LogP contribution in [0.25, 0.3) is 10.6 Å². The van der Waals surface area contributed by atoms with Gasteiger partial charge in [0.05, 0.1) is 11.9 Å². The van der Waals surface area contributed by atoms with E-state index in [1.807, 2.05) is 35.8 Å². The number of amides is 2. The summed E-state index contributed by atoms with van der Waals surface area (Å²) in [6.45, 7) is 2.92. The van der Waals surface area contributed by atoms with Crippen LogP contribution in [-0.4, -0.2) is 20.8 Å². The average molecular weight is 327 g/mol. The highest BCUT2D eigenvalue weighted by Gasteiger charge is 2.06. The number of nitrogens with zero attached hydrogens (tertiary/aromatic N) is 3. The highest BCUT2D eigenvalue weighted by Crippen LogP contribution is 2.23. The van der Waals surface area contributed by atoms with Gasteiger partial charge >= 0.3 is 6.03 Å². The Morgan fingerprint density at radius 1 is 1.22 bits per heavy atom. The maximum Gasteiger partial charge on any atom is 0.323 e. The summed E-state index contributed by atoms with van der Waals surface area (Å²) in [6, 6.07) is 7.30. The molecule has 23 heavy (non-hydrogen) atoms. The number of thiazole rings is 1. The van der Waals surface area contributed by atoms with E-state index in [4.69, 9.17) is 0 Å². The third-order valence-corrected chi connectivity index (χ3v) is 3.99. The minimum atomic E-state index is -0.289. The van der Waals surface area contributed by atoms with Crippen molar-refractivity contribution in [2.45, 2.75) is 19.9 Å². The van der Waals surface area contributed by atoms with Crippen molar-refractivity contribution in [2.75, 3.05) is 10.6 Å². The largest absolute Gasteiger partial charge is 0.323 e. The van der Waals surface area contributed by atoms with Gasteiger partial charge in [-0.05, 0) is 30.7 Å². The predicted molar refractivity (Wildman–Crippen MR) is 92.7 cm³/mol. The normalized spacial score (nSPS) is 10.5. The first-order valence-corrected chi connectivity index (χ1v) is 8.23. The summed E-state index contributed by atoms with van der Waals surface area (Å²) < 4.78 is 1.80. The summed E-state index contributed by atoms with van der Waals surface area (Å²) in [4.78, 5) is 16.3. The monoisotopic (exact) mass is 327 g/mol. The number of nitrogens with one attached hydrogen (secondary N) is 2. The van der Waals surface area contributed by atoms with E-state index in [1.165, 1.54) is 0 Å².